The van der Waals surface area contributed by atoms with E-state index in [0.717, 1.165) is 5.56 Å². The molecular formula is C10H13ClN2. The van der Waals surface area contributed by atoms with Crippen LogP contribution in [0.1, 0.15) is 18.0 Å². The molecule has 0 spiro atoms. The molecule has 0 aliphatic carbocycles. The van der Waals surface area contributed by atoms with Gasteiger partial charge in [0, 0.05) is 6.04 Å². The number of anilines is 1. The number of para-hydroxylation sites is 1. The van der Waals surface area contributed by atoms with Gasteiger partial charge in [0.2, 0.25) is 0 Å². The summed E-state index contributed by atoms with van der Waals surface area (Å²) in [6.45, 7) is 3.62. The van der Waals surface area contributed by atoms with Gasteiger partial charge in [-0.2, -0.15) is 0 Å². The number of nitrogen functional groups attached to an aromatic ring is 1. The molecule has 2 nitrogen and oxygen atoms in total. The molecule has 1 aromatic carbocycles. The summed E-state index contributed by atoms with van der Waals surface area (Å²) in [4.78, 5) is 0. The Morgan fingerprint density at radius 2 is 2.23 bits per heavy atom. The second-order valence-corrected chi connectivity index (χ2v) is 3.28. The first-order valence-corrected chi connectivity index (χ1v) is 4.45. The summed E-state index contributed by atoms with van der Waals surface area (Å²) < 4.78 is 0. The van der Waals surface area contributed by atoms with Gasteiger partial charge in [0.1, 0.15) is 0 Å². The molecule has 0 radical (unpaired) electrons. The van der Waals surface area contributed by atoms with Crippen molar-refractivity contribution in [3.8, 4) is 0 Å². The van der Waals surface area contributed by atoms with Crippen molar-refractivity contribution in [2.75, 3.05) is 5.73 Å². The Bertz CT molecular complexity index is 310. The van der Waals surface area contributed by atoms with E-state index in [2.05, 4.69) is 6.58 Å². The highest BCUT2D eigenvalue weighted by Crippen LogP contribution is 2.27. The molecule has 0 aromatic heterocycles. The van der Waals surface area contributed by atoms with Crippen LogP contribution in [-0.4, -0.2) is 0 Å². The minimum Gasteiger partial charge on any atom is -0.397 e. The molecule has 1 rings (SSSR count). The van der Waals surface area contributed by atoms with Crippen molar-refractivity contribution in [3.05, 3.63) is 41.4 Å². The maximum absolute atomic E-state index is 5.87. The summed E-state index contributed by atoms with van der Waals surface area (Å²) in [6, 6.07) is 5.36. The lowest BCUT2D eigenvalue weighted by Gasteiger charge is -2.12. The first kappa shape index (κ1) is 10.1. The number of hydrogen-bond donors (Lipinski definition) is 2. The van der Waals surface area contributed by atoms with Crippen molar-refractivity contribution in [3.63, 3.8) is 0 Å². The third-order valence-electron chi connectivity index (χ3n) is 1.91. The van der Waals surface area contributed by atoms with Gasteiger partial charge in [-0.25, -0.2) is 0 Å². The molecule has 0 unspecified atom stereocenters. The molecule has 3 heteroatoms. The van der Waals surface area contributed by atoms with E-state index in [4.69, 9.17) is 23.1 Å². The van der Waals surface area contributed by atoms with Crippen molar-refractivity contribution < 1.29 is 0 Å². The Morgan fingerprint density at radius 3 is 2.85 bits per heavy atom. The van der Waals surface area contributed by atoms with Gasteiger partial charge in [0.25, 0.3) is 0 Å². The first-order valence-electron chi connectivity index (χ1n) is 4.07. The van der Waals surface area contributed by atoms with Crippen LogP contribution >= 0.6 is 11.6 Å². The van der Waals surface area contributed by atoms with Crippen molar-refractivity contribution in [1.29, 1.82) is 0 Å². The fourth-order valence-corrected chi connectivity index (χ4v) is 1.37. The van der Waals surface area contributed by atoms with E-state index < -0.39 is 0 Å². The number of nitrogens with two attached hydrogens (primary N) is 2. The number of benzene rings is 1. The SMILES string of the molecule is C=CC[C@H](N)c1cccc(Cl)c1N. The van der Waals surface area contributed by atoms with Crippen molar-refractivity contribution in [2.24, 2.45) is 5.73 Å². The molecule has 1 atom stereocenters. The van der Waals surface area contributed by atoms with E-state index in [9.17, 15) is 0 Å². The predicted octanol–water partition coefficient (Wildman–Crippen LogP) is 2.50. The third-order valence-corrected chi connectivity index (χ3v) is 2.24. The zero-order valence-electron chi connectivity index (χ0n) is 7.33. The van der Waals surface area contributed by atoms with Gasteiger partial charge in [-0.1, -0.05) is 29.8 Å². The standard InChI is InChI=1S/C10H13ClN2/c1-2-4-9(12)7-5-3-6-8(11)10(7)13/h2-3,5-6,9H,1,4,12-13H2/t9-/m0/s1. The Hall–Kier alpha value is -0.990. The largest absolute Gasteiger partial charge is 0.397 e. The normalized spacial score (nSPS) is 12.5. The van der Waals surface area contributed by atoms with E-state index in [-0.39, 0.29) is 6.04 Å². The topological polar surface area (TPSA) is 52.0 Å². The fourth-order valence-electron chi connectivity index (χ4n) is 1.18. The van der Waals surface area contributed by atoms with Crippen LogP contribution in [0.3, 0.4) is 0 Å². The lowest BCUT2D eigenvalue weighted by atomic mass is 10.0. The van der Waals surface area contributed by atoms with Gasteiger partial charge in [0.05, 0.1) is 10.7 Å². The molecule has 1 aromatic rings. The van der Waals surface area contributed by atoms with Crippen molar-refractivity contribution in [2.45, 2.75) is 12.5 Å². The Balaban J connectivity index is 3.00. The minimum absolute atomic E-state index is 0.115. The lowest BCUT2D eigenvalue weighted by molar-refractivity contribution is 0.744. The van der Waals surface area contributed by atoms with E-state index in [1.165, 1.54) is 0 Å². The lowest BCUT2D eigenvalue weighted by Crippen LogP contribution is -2.11. The number of rotatable bonds is 3. The molecule has 0 heterocycles. The Morgan fingerprint density at radius 1 is 1.54 bits per heavy atom. The Kier molecular flexibility index (Phi) is 3.34. The van der Waals surface area contributed by atoms with E-state index in [1.54, 1.807) is 12.1 Å². The van der Waals surface area contributed by atoms with Gasteiger partial charge < -0.3 is 11.5 Å². The van der Waals surface area contributed by atoms with Gasteiger partial charge >= 0.3 is 0 Å². The Labute approximate surface area is 83.2 Å². The van der Waals surface area contributed by atoms with Crippen LogP contribution in [0.5, 0.6) is 0 Å². The molecule has 0 saturated heterocycles. The third kappa shape index (κ3) is 2.23. The highest BCUT2D eigenvalue weighted by molar-refractivity contribution is 6.33. The monoisotopic (exact) mass is 196 g/mol. The summed E-state index contributed by atoms with van der Waals surface area (Å²) in [5, 5.41) is 0.553. The van der Waals surface area contributed by atoms with Gasteiger partial charge in [-0.05, 0) is 18.1 Å². The van der Waals surface area contributed by atoms with Crippen LogP contribution in [0.15, 0.2) is 30.9 Å². The van der Waals surface area contributed by atoms with Crippen LogP contribution in [0.4, 0.5) is 5.69 Å². The molecule has 0 fully saturated rings. The van der Waals surface area contributed by atoms with Crippen LogP contribution in [-0.2, 0) is 0 Å². The first-order chi connectivity index (χ1) is 6.16. The zero-order chi connectivity index (χ0) is 9.84. The minimum atomic E-state index is -0.115. The van der Waals surface area contributed by atoms with E-state index in [1.807, 2.05) is 12.1 Å². The maximum Gasteiger partial charge on any atom is 0.0638 e. The van der Waals surface area contributed by atoms with Crippen molar-refractivity contribution in [1.82, 2.24) is 0 Å². The van der Waals surface area contributed by atoms with E-state index in [0.29, 0.717) is 17.1 Å². The fraction of sp³-hybridized carbons (Fsp3) is 0.200. The van der Waals surface area contributed by atoms with E-state index >= 15 is 0 Å². The van der Waals surface area contributed by atoms with Gasteiger partial charge in [-0.15, -0.1) is 6.58 Å². The summed E-state index contributed by atoms with van der Waals surface area (Å²) >= 11 is 5.85. The molecule has 0 aliphatic heterocycles. The van der Waals surface area contributed by atoms with Crippen LogP contribution in [0.25, 0.3) is 0 Å². The molecule has 0 saturated carbocycles. The second kappa shape index (κ2) is 4.30. The average Bonchev–Trinajstić information content (AvgIpc) is 2.10. The molecule has 13 heavy (non-hydrogen) atoms. The summed E-state index contributed by atoms with van der Waals surface area (Å²) in [6.07, 6.45) is 2.47. The van der Waals surface area contributed by atoms with Gasteiger partial charge in [-0.3, -0.25) is 0 Å². The van der Waals surface area contributed by atoms with Crippen molar-refractivity contribution >= 4 is 17.3 Å². The molecular weight excluding hydrogens is 184 g/mol. The second-order valence-electron chi connectivity index (χ2n) is 2.87. The summed E-state index contributed by atoms with van der Waals surface area (Å²) in [7, 11) is 0. The summed E-state index contributed by atoms with van der Waals surface area (Å²) in [5.74, 6) is 0. The molecule has 0 bridgehead atoms. The molecule has 4 N–H and O–H groups in total. The maximum atomic E-state index is 5.87. The predicted molar refractivity (Wildman–Crippen MR) is 57.6 cm³/mol. The van der Waals surface area contributed by atoms with Crippen LogP contribution in [0.2, 0.25) is 5.02 Å². The average molecular weight is 197 g/mol. The summed E-state index contributed by atoms with van der Waals surface area (Å²) in [5.41, 5.74) is 13.1. The van der Waals surface area contributed by atoms with Crippen LogP contribution < -0.4 is 11.5 Å². The highest BCUT2D eigenvalue weighted by atomic mass is 35.5. The quantitative estimate of drug-likeness (QED) is 0.577. The molecule has 0 amide bonds. The molecule has 70 valence electrons. The number of hydrogen-bond acceptors (Lipinski definition) is 2. The molecule has 0 aliphatic rings. The van der Waals surface area contributed by atoms with Crippen LogP contribution in [0, 0.1) is 0 Å². The number of halogens is 1. The smallest absolute Gasteiger partial charge is 0.0638 e. The van der Waals surface area contributed by atoms with Gasteiger partial charge in [0.15, 0.2) is 0 Å². The zero-order valence-corrected chi connectivity index (χ0v) is 8.09. The highest BCUT2D eigenvalue weighted by Gasteiger charge is 2.09.